The average molecular weight is 1310 g/mol. The number of halogens is 4. The van der Waals surface area contributed by atoms with Crippen LogP contribution in [0.4, 0.5) is 13.2 Å². The van der Waals surface area contributed by atoms with E-state index in [1.807, 2.05) is 26.0 Å². The standard InChI is InChI=1S/C66H93ClF3N11O11/c1-11-40(3)55-63(91)76(7)37-53(83)75(6)38-54(84)78(9)51(36-44-24-22-39(2)23-25-44)62(90)81-33-16-20-49(81)58(86)72-48(29-27-43-26-28-46(47(67)35-43)66(68,69)70)61(89)80-32-17-21-50(80)59(87)74-65(30-14-15-31-65)64(92)79(10)56(45-18-12-13-19-45)60(88)71-41(4)34-52(82)77(8)42(5)57(85)73-55/h22-26,28,35,40-42,45,48-51,55-56H,11-21,27,29-34,36-38H2,1-10H3,(H,71,88)(H,72,86)(H,73,85)(H,74,87)/t40-,41+,42-,48-,49+,50-,51-,55-,56-/m0/s1. The highest BCUT2D eigenvalue weighted by atomic mass is 35.5. The number of hydrogen-bond acceptors (Lipinski definition) is 11. The summed E-state index contributed by atoms with van der Waals surface area (Å²) in [6, 6.07) is 1.50. The maximum Gasteiger partial charge on any atom is 0.417 e. The van der Waals surface area contributed by atoms with Crippen LogP contribution in [-0.4, -0.2) is 215 Å². The molecular weight excluding hydrogens is 1220 g/mol. The average Bonchev–Trinajstić information content (AvgIpc) is 1.53. The van der Waals surface area contributed by atoms with Crippen molar-refractivity contribution in [3.8, 4) is 0 Å². The molecule has 2 aromatic rings. The van der Waals surface area contributed by atoms with Gasteiger partial charge in [-0.3, -0.25) is 52.7 Å². The van der Waals surface area contributed by atoms with Crippen LogP contribution >= 0.6 is 11.6 Å². The molecule has 1 spiro atoms. The number of likely N-dealkylation sites (N-methyl/N-ethyl adjacent to an activating group) is 5. The van der Waals surface area contributed by atoms with Crippen molar-refractivity contribution in [1.29, 1.82) is 0 Å². The first kappa shape index (κ1) is 72.1. The van der Waals surface area contributed by atoms with Gasteiger partial charge in [0.15, 0.2) is 0 Å². The molecule has 3 saturated heterocycles. The number of hydrogen-bond donors (Lipinski definition) is 4. The molecule has 506 valence electrons. The second-order valence-corrected chi connectivity index (χ2v) is 26.7. The lowest BCUT2D eigenvalue weighted by Crippen LogP contribution is -2.64. The minimum Gasteiger partial charge on any atom is -0.351 e. The van der Waals surface area contributed by atoms with Gasteiger partial charge in [0.05, 0.1) is 23.7 Å². The molecule has 26 heteroatoms. The first-order valence-electron chi connectivity index (χ1n) is 32.4. The van der Waals surface area contributed by atoms with E-state index in [0.29, 0.717) is 56.1 Å². The highest BCUT2D eigenvalue weighted by molar-refractivity contribution is 6.31. The molecule has 2 aromatic carbocycles. The van der Waals surface area contributed by atoms with Gasteiger partial charge in [-0.15, -0.1) is 0 Å². The predicted molar refractivity (Wildman–Crippen MR) is 337 cm³/mol. The largest absolute Gasteiger partial charge is 0.417 e. The minimum atomic E-state index is -4.75. The van der Waals surface area contributed by atoms with Crippen LogP contribution in [-0.2, 0) is 71.8 Å². The Morgan fingerprint density at radius 2 is 1.22 bits per heavy atom. The van der Waals surface area contributed by atoms with Crippen LogP contribution in [0.25, 0.3) is 0 Å². The second kappa shape index (κ2) is 31.1. The third-order valence-electron chi connectivity index (χ3n) is 19.7. The SMILES string of the molecule is CC[C@H](C)[C@@H]1NC(=O)[C@H](C)N(C)C(=O)C[C@@H](C)NC(=O)[C@H](C2CCCC2)N(C)C(=O)C2(CCCC2)NC(=O)[C@@H]2CCCN2C(=O)[C@H](CCc2ccc(C(F)(F)F)c(Cl)c2)NC(=O)[C@H]2CCCN2C(=O)[C@H](Cc2ccc(C)cc2)N(C)C(=O)CN(C)C(=O)CN(C)C1=O. The quantitative estimate of drug-likeness (QED) is 0.280. The lowest BCUT2D eigenvalue weighted by Gasteiger charge is -2.40. The number of carbonyl (C=O) groups is 11. The molecule has 5 aliphatic rings. The van der Waals surface area contributed by atoms with Crippen LogP contribution in [0, 0.1) is 18.8 Å². The highest BCUT2D eigenvalue weighted by Crippen LogP contribution is 2.38. The molecule has 5 fully saturated rings. The Bertz CT molecular complexity index is 3070. The molecule has 3 aliphatic heterocycles. The van der Waals surface area contributed by atoms with Gasteiger partial charge in [0.2, 0.25) is 65.0 Å². The van der Waals surface area contributed by atoms with Crippen LogP contribution in [0.2, 0.25) is 5.02 Å². The van der Waals surface area contributed by atoms with Gasteiger partial charge < -0.3 is 55.6 Å². The Hall–Kier alpha value is -7.31. The summed E-state index contributed by atoms with van der Waals surface area (Å²) >= 11 is 6.16. The smallest absolute Gasteiger partial charge is 0.351 e. The van der Waals surface area contributed by atoms with Crippen molar-refractivity contribution in [1.82, 2.24) is 55.6 Å². The van der Waals surface area contributed by atoms with E-state index >= 15 is 14.4 Å². The fraction of sp³-hybridized carbons (Fsp3) is 0.652. The summed E-state index contributed by atoms with van der Waals surface area (Å²) in [5, 5.41) is 11.1. The number of amides is 11. The molecular formula is C66H93ClF3N11O11. The third-order valence-corrected chi connectivity index (χ3v) is 20.0. The molecule has 11 amide bonds. The van der Waals surface area contributed by atoms with Gasteiger partial charge in [0, 0.05) is 67.2 Å². The third kappa shape index (κ3) is 17.1. The van der Waals surface area contributed by atoms with E-state index in [4.69, 9.17) is 11.6 Å². The lowest BCUT2D eigenvalue weighted by atomic mass is 9.90. The van der Waals surface area contributed by atoms with E-state index in [0.717, 1.165) is 40.3 Å². The summed E-state index contributed by atoms with van der Waals surface area (Å²) < 4.78 is 41.5. The fourth-order valence-electron chi connectivity index (χ4n) is 13.6. The number of benzene rings is 2. The van der Waals surface area contributed by atoms with E-state index in [9.17, 15) is 51.5 Å². The van der Waals surface area contributed by atoms with E-state index in [1.54, 1.807) is 26.0 Å². The van der Waals surface area contributed by atoms with Crippen LogP contribution in [0.5, 0.6) is 0 Å². The molecule has 0 radical (unpaired) electrons. The van der Waals surface area contributed by atoms with Crippen LogP contribution in [0.1, 0.15) is 146 Å². The Kier molecular flexibility index (Phi) is 24.4. The number of nitrogens with one attached hydrogen (secondary N) is 4. The van der Waals surface area contributed by atoms with Gasteiger partial charge in [-0.2, -0.15) is 13.2 Å². The van der Waals surface area contributed by atoms with E-state index in [2.05, 4.69) is 21.3 Å². The maximum absolute atomic E-state index is 15.2. The molecule has 3 heterocycles. The van der Waals surface area contributed by atoms with Crippen molar-refractivity contribution in [2.45, 2.75) is 204 Å². The van der Waals surface area contributed by atoms with Gasteiger partial charge >= 0.3 is 6.18 Å². The topological polar surface area (TPSA) is 259 Å². The Morgan fingerprint density at radius 3 is 1.82 bits per heavy atom. The van der Waals surface area contributed by atoms with Gasteiger partial charge in [0.1, 0.15) is 47.8 Å². The van der Waals surface area contributed by atoms with E-state index in [1.165, 1.54) is 72.7 Å². The van der Waals surface area contributed by atoms with Crippen molar-refractivity contribution in [3.63, 3.8) is 0 Å². The van der Waals surface area contributed by atoms with Crippen molar-refractivity contribution in [2.75, 3.05) is 61.4 Å². The van der Waals surface area contributed by atoms with Crippen LogP contribution in [0.15, 0.2) is 42.5 Å². The first-order chi connectivity index (χ1) is 43.4. The Morgan fingerprint density at radius 1 is 0.630 bits per heavy atom. The molecule has 4 N–H and O–H groups in total. The minimum absolute atomic E-state index is 0.0136. The number of rotatable bonds is 8. The molecule has 7 rings (SSSR count). The molecule has 22 nitrogen and oxygen atoms in total. The molecule has 0 unspecified atom stereocenters. The number of carbonyl (C=O) groups excluding carboxylic acids is 11. The molecule has 9 atom stereocenters. The summed E-state index contributed by atoms with van der Waals surface area (Å²) in [6.45, 7) is 7.70. The van der Waals surface area contributed by atoms with Crippen molar-refractivity contribution >= 4 is 76.6 Å². The van der Waals surface area contributed by atoms with Gasteiger partial charge in [-0.25, -0.2) is 0 Å². The van der Waals surface area contributed by atoms with Crippen LogP contribution < -0.4 is 21.3 Å². The van der Waals surface area contributed by atoms with E-state index < -0.39 is 155 Å². The summed E-state index contributed by atoms with van der Waals surface area (Å²) in [4.78, 5) is 169. The summed E-state index contributed by atoms with van der Waals surface area (Å²) in [5.74, 6) is -7.46. The van der Waals surface area contributed by atoms with Crippen molar-refractivity contribution in [3.05, 3.63) is 69.7 Å². The Balaban J connectivity index is 1.24. The monoisotopic (exact) mass is 1310 g/mol. The van der Waals surface area contributed by atoms with Gasteiger partial charge in [-0.05, 0) is 120 Å². The fourth-order valence-corrected chi connectivity index (χ4v) is 13.9. The highest BCUT2D eigenvalue weighted by Gasteiger charge is 2.51. The zero-order valence-corrected chi connectivity index (χ0v) is 55.6. The number of fused-ring (bicyclic) bond motifs is 2. The van der Waals surface area contributed by atoms with Crippen molar-refractivity contribution in [2.24, 2.45) is 11.8 Å². The molecule has 2 saturated carbocycles. The number of alkyl halides is 3. The molecule has 92 heavy (non-hydrogen) atoms. The van der Waals surface area contributed by atoms with Crippen molar-refractivity contribution < 1.29 is 65.9 Å². The molecule has 0 aromatic heterocycles. The summed E-state index contributed by atoms with van der Waals surface area (Å²) in [7, 11) is 7.14. The first-order valence-corrected chi connectivity index (χ1v) is 32.8. The zero-order valence-electron chi connectivity index (χ0n) is 54.8. The number of aryl methyl sites for hydroxylation is 2. The second-order valence-electron chi connectivity index (χ2n) is 26.3. The Labute approximate surface area is 542 Å². The predicted octanol–water partition coefficient (Wildman–Crippen LogP) is 4.79. The number of nitrogens with zero attached hydrogens (tertiary/aromatic N) is 7. The van der Waals surface area contributed by atoms with Gasteiger partial charge in [0.25, 0.3) is 0 Å². The van der Waals surface area contributed by atoms with Gasteiger partial charge in [-0.1, -0.05) is 93.4 Å². The lowest BCUT2D eigenvalue weighted by molar-refractivity contribution is -0.150. The summed E-state index contributed by atoms with van der Waals surface area (Å²) in [6.07, 6.45) is 0.646. The normalized spacial score (nSPS) is 27.1. The van der Waals surface area contributed by atoms with E-state index in [-0.39, 0.29) is 70.4 Å². The molecule has 0 bridgehead atoms. The maximum atomic E-state index is 15.2. The zero-order chi connectivity index (χ0) is 67.7. The summed E-state index contributed by atoms with van der Waals surface area (Å²) in [5.41, 5.74) is -0.628. The molecule has 2 aliphatic carbocycles. The van der Waals surface area contributed by atoms with Crippen LogP contribution in [0.3, 0.4) is 0 Å².